The highest BCUT2D eigenvalue weighted by Gasteiger charge is 2.44. The van der Waals surface area contributed by atoms with Crippen molar-refractivity contribution >= 4 is 17.4 Å². The van der Waals surface area contributed by atoms with Crippen LogP contribution in [0.25, 0.3) is 5.57 Å². The molecule has 3 aliphatic rings. The highest BCUT2D eigenvalue weighted by Crippen LogP contribution is 2.36. The minimum Gasteiger partial charge on any atom is -0.378 e. The fourth-order valence-electron chi connectivity index (χ4n) is 4.34. The van der Waals surface area contributed by atoms with Crippen molar-refractivity contribution in [2.24, 2.45) is 0 Å². The minimum atomic E-state index is -0.357. The first-order valence-electron chi connectivity index (χ1n) is 9.87. The molecule has 2 heterocycles. The summed E-state index contributed by atoms with van der Waals surface area (Å²) in [6.07, 6.45) is 6.12. The van der Waals surface area contributed by atoms with E-state index in [0.29, 0.717) is 43.1 Å². The molecule has 144 valence electrons. The van der Waals surface area contributed by atoms with Gasteiger partial charge in [-0.1, -0.05) is 37.8 Å². The zero-order chi connectivity index (χ0) is 18.8. The summed E-state index contributed by atoms with van der Waals surface area (Å²) in [4.78, 5) is 30.2. The van der Waals surface area contributed by atoms with Gasteiger partial charge in [-0.15, -0.1) is 0 Å². The minimum absolute atomic E-state index is 0.0403. The number of hydrogen-bond donors (Lipinski definition) is 0. The lowest BCUT2D eigenvalue weighted by molar-refractivity contribution is -0.140. The maximum Gasteiger partial charge on any atom is 0.278 e. The van der Waals surface area contributed by atoms with E-state index < -0.39 is 0 Å². The van der Waals surface area contributed by atoms with Gasteiger partial charge in [0.2, 0.25) is 0 Å². The summed E-state index contributed by atoms with van der Waals surface area (Å²) in [6.45, 7) is 2.23. The first-order chi connectivity index (χ1) is 13.2. The molecule has 2 aliphatic heterocycles. The molecular formula is C21H25FN2O3. The van der Waals surface area contributed by atoms with Crippen molar-refractivity contribution in [3.8, 4) is 0 Å². The number of morpholine rings is 1. The van der Waals surface area contributed by atoms with Crippen molar-refractivity contribution < 1.29 is 18.7 Å². The molecule has 5 nitrogen and oxygen atoms in total. The topological polar surface area (TPSA) is 49.9 Å². The Bertz CT molecular complexity index is 745. The molecule has 1 saturated carbocycles. The number of carbonyl (C=O) groups is 2. The Kier molecular flexibility index (Phi) is 5.25. The second-order valence-electron chi connectivity index (χ2n) is 7.46. The standard InChI is InChI=1S/C21H25FN2O3/c22-16-9-7-15(8-10-16)18-19(23-11-13-27-14-12-23)21(26)24(20(18)25)17-5-3-1-2-4-6-17/h7-10,17H,1-6,11-14H2. The predicted octanol–water partition coefficient (Wildman–Crippen LogP) is 2.96. The second-order valence-corrected chi connectivity index (χ2v) is 7.46. The monoisotopic (exact) mass is 372 g/mol. The van der Waals surface area contributed by atoms with Gasteiger partial charge in [0, 0.05) is 19.1 Å². The Morgan fingerprint density at radius 1 is 0.889 bits per heavy atom. The summed E-state index contributed by atoms with van der Waals surface area (Å²) >= 11 is 0. The number of nitrogens with zero attached hydrogens (tertiary/aromatic N) is 2. The summed E-state index contributed by atoms with van der Waals surface area (Å²) in [6, 6.07) is 5.82. The first kappa shape index (κ1) is 18.2. The summed E-state index contributed by atoms with van der Waals surface area (Å²) in [5.74, 6) is -0.794. The summed E-state index contributed by atoms with van der Waals surface area (Å²) in [5.41, 5.74) is 1.47. The van der Waals surface area contributed by atoms with Crippen LogP contribution in [-0.2, 0) is 14.3 Å². The van der Waals surface area contributed by atoms with Gasteiger partial charge < -0.3 is 9.64 Å². The average Bonchev–Trinajstić information content (AvgIpc) is 2.85. The Hall–Kier alpha value is -2.21. The molecule has 27 heavy (non-hydrogen) atoms. The van der Waals surface area contributed by atoms with Crippen molar-refractivity contribution in [2.45, 2.75) is 44.6 Å². The van der Waals surface area contributed by atoms with Crippen LogP contribution in [0.2, 0.25) is 0 Å². The molecule has 0 bridgehead atoms. The van der Waals surface area contributed by atoms with Gasteiger partial charge in [-0.05, 0) is 30.5 Å². The van der Waals surface area contributed by atoms with Gasteiger partial charge in [0.25, 0.3) is 11.8 Å². The van der Waals surface area contributed by atoms with Crippen LogP contribution < -0.4 is 0 Å². The van der Waals surface area contributed by atoms with Gasteiger partial charge in [-0.2, -0.15) is 0 Å². The molecule has 1 saturated heterocycles. The third kappa shape index (κ3) is 3.50. The number of ether oxygens (including phenoxy) is 1. The van der Waals surface area contributed by atoms with E-state index >= 15 is 0 Å². The number of carbonyl (C=O) groups excluding carboxylic acids is 2. The van der Waals surface area contributed by atoms with Gasteiger partial charge >= 0.3 is 0 Å². The van der Waals surface area contributed by atoms with Crippen molar-refractivity contribution in [2.75, 3.05) is 26.3 Å². The lowest BCUT2D eigenvalue weighted by Crippen LogP contribution is -2.44. The molecule has 0 spiro atoms. The molecule has 1 aliphatic carbocycles. The molecular weight excluding hydrogens is 347 g/mol. The van der Waals surface area contributed by atoms with Crippen LogP contribution in [0.5, 0.6) is 0 Å². The third-order valence-electron chi connectivity index (χ3n) is 5.74. The van der Waals surface area contributed by atoms with Crippen LogP contribution in [-0.4, -0.2) is 54.0 Å². The van der Waals surface area contributed by atoms with E-state index in [9.17, 15) is 14.0 Å². The maximum atomic E-state index is 13.4. The highest BCUT2D eigenvalue weighted by atomic mass is 19.1. The van der Waals surface area contributed by atoms with Gasteiger partial charge in [0.05, 0.1) is 18.8 Å². The van der Waals surface area contributed by atoms with Crippen molar-refractivity contribution in [3.05, 3.63) is 41.3 Å². The van der Waals surface area contributed by atoms with E-state index in [2.05, 4.69) is 0 Å². The van der Waals surface area contributed by atoms with Crippen molar-refractivity contribution in [1.82, 2.24) is 9.80 Å². The molecule has 2 fully saturated rings. The normalized spacial score (nSPS) is 22.6. The molecule has 0 aromatic heterocycles. The van der Waals surface area contributed by atoms with Crippen molar-refractivity contribution in [1.29, 1.82) is 0 Å². The van der Waals surface area contributed by atoms with E-state index in [0.717, 1.165) is 38.5 Å². The zero-order valence-corrected chi connectivity index (χ0v) is 15.5. The molecule has 1 aromatic rings. The van der Waals surface area contributed by atoms with E-state index in [1.165, 1.54) is 17.0 Å². The molecule has 0 unspecified atom stereocenters. The van der Waals surface area contributed by atoms with Crippen LogP contribution >= 0.6 is 0 Å². The van der Waals surface area contributed by atoms with Crippen LogP contribution in [0.15, 0.2) is 30.0 Å². The predicted molar refractivity (Wildman–Crippen MR) is 99.1 cm³/mol. The number of benzene rings is 1. The molecule has 4 rings (SSSR count). The van der Waals surface area contributed by atoms with Gasteiger partial charge in [-0.3, -0.25) is 14.5 Å². The fourth-order valence-corrected chi connectivity index (χ4v) is 4.34. The van der Waals surface area contributed by atoms with Crippen LogP contribution in [0.3, 0.4) is 0 Å². The van der Waals surface area contributed by atoms with Crippen molar-refractivity contribution in [3.63, 3.8) is 0 Å². The molecule has 0 radical (unpaired) electrons. The Balaban J connectivity index is 1.73. The van der Waals surface area contributed by atoms with Gasteiger partial charge in [0.15, 0.2) is 0 Å². The van der Waals surface area contributed by atoms with E-state index in [4.69, 9.17) is 4.74 Å². The quantitative estimate of drug-likeness (QED) is 0.605. The molecule has 6 heteroatoms. The third-order valence-corrected chi connectivity index (χ3v) is 5.74. The number of rotatable bonds is 3. The number of hydrogen-bond acceptors (Lipinski definition) is 4. The fraction of sp³-hybridized carbons (Fsp3) is 0.524. The lowest BCUT2D eigenvalue weighted by Gasteiger charge is -2.31. The number of amides is 2. The average molecular weight is 372 g/mol. The SMILES string of the molecule is O=C1C(c2ccc(F)cc2)=C(N2CCOCC2)C(=O)N1C1CCCCCC1. The van der Waals surface area contributed by atoms with Gasteiger partial charge in [0.1, 0.15) is 11.5 Å². The summed E-state index contributed by atoms with van der Waals surface area (Å²) < 4.78 is 18.8. The highest BCUT2D eigenvalue weighted by molar-refractivity contribution is 6.35. The van der Waals surface area contributed by atoms with E-state index in [1.54, 1.807) is 12.1 Å². The zero-order valence-electron chi connectivity index (χ0n) is 15.5. The van der Waals surface area contributed by atoms with Crippen LogP contribution in [0.1, 0.15) is 44.1 Å². The molecule has 0 N–H and O–H groups in total. The molecule has 0 atom stereocenters. The van der Waals surface area contributed by atoms with E-state index in [-0.39, 0.29) is 23.7 Å². The second kappa shape index (κ2) is 7.80. The molecule has 2 amide bonds. The summed E-state index contributed by atoms with van der Waals surface area (Å²) in [7, 11) is 0. The molecule has 1 aromatic carbocycles. The number of imide groups is 1. The smallest absolute Gasteiger partial charge is 0.278 e. The Labute approximate surface area is 158 Å². The maximum absolute atomic E-state index is 13.4. The van der Waals surface area contributed by atoms with E-state index in [1.807, 2.05) is 4.90 Å². The lowest BCUT2D eigenvalue weighted by atomic mass is 10.0. The number of halogens is 1. The van der Waals surface area contributed by atoms with Crippen LogP contribution in [0, 0.1) is 5.82 Å². The summed E-state index contributed by atoms with van der Waals surface area (Å²) in [5, 5.41) is 0. The Morgan fingerprint density at radius 3 is 2.15 bits per heavy atom. The first-order valence-corrected chi connectivity index (χ1v) is 9.87. The van der Waals surface area contributed by atoms with Crippen LogP contribution in [0.4, 0.5) is 4.39 Å². The largest absolute Gasteiger partial charge is 0.378 e. The Morgan fingerprint density at radius 2 is 1.52 bits per heavy atom. The van der Waals surface area contributed by atoms with Gasteiger partial charge in [-0.25, -0.2) is 4.39 Å².